The minimum atomic E-state index is -0.119. The van der Waals surface area contributed by atoms with Crippen LogP contribution in [0.1, 0.15) is 6.42 Å². The van der Waals surface area contributed by atoms with E-state index in [2.05, 4.69) is 26.6 Å². The van der Waals surface area contributed by atoms with Gasteiger partial charge in [0.15, 0.2) is 0 Å². The van der Waals surface area contributed by atoms with E-state index < -0.39 is 0 Å². The van der Waals surface area contributed by atoms with Crippen LogP contribution in [-0.4, -0.2) is 19.0 Å². The first kappa shape index (κ1) is 12.5. The molecule has 0 saturated carbocycles. The fourth-order valence-electron chi connectivity index (χ4n) is 1.10. The predicted octanol–water partition coefficient (Wildman–Crippen LogP) is 1.89. The van der Waals surface area contributed by atoms with E-state index in [1.54, 1.807) is 0 Å². The van der Waals surface area contributed by atoms with Gasteiger partial charge in [-0.25, -0.2) is 0 Å². The summed E-state index contributed by atoms with van der Waals surface area (Å²) in [6.45, 7) is 0.598. The number of hydrogen-bond donors (Lipinski definition) is 2. The quantitative estimate of drug-likeness (QED) is 0.810. The van der Waals surface area contributed by atoms with Gasteiger partial charge in [0.2, 0.25) is 5.91 Å². The maximum atomic E-state index is 11.3. The molecule has 0 aromatic heterocycles. The first-order valence-corrected chi connectivity index (χ1v) is 5.65. The minimum absolute atomic E-state index is 0.119. The number of halogens is 1. The van der Waals surface area contributed by atoms with Gasteiger partial charge < -0.3 is 10.6 Å². The molecule has 0 aliphatic carbocycles. The highest BCUT2D eigenvalue weighted by Gasteiger charge is 2.01. The van der Waals surface area contributed by atoms with Crippen LogP contribution in [0, 0.1) is 11.3 Å². The molecular weight excluding hydrogens is 270 g/mol. The number of para-hydroxylation sites is 1. The van der Waals surface area contributed by atoms with Crippen LogP contribution in [0.2, 0.25) is 0 Å². The summed E-state index contributed by atoms with van der Waals surface area (Å²) in [7, 11) is 0. The molecule has 1 amide bonds. The molecule has 0 atom stereocenters. The van der Waals surface area contributed by atoms with E-state index >= 15 is 0 Å². The second kappa shape index (κ2) is 6.85. The van der Waals surface area contributed by atoms with Crippen molar-refractivity contribution in [2.24, 2.45) is 0 Å². The number of nitriles is 1. The van der Waals surface area contributed by atoms with Crippen molar-refractivity contribution in [3.63, 3.8) is 0 Å². The van der Waals surface area contributed by atoms with Gasteiger partial charge in [-0.15, -0.1) is 0 Å². The Balaban J connectivity index is 2.32. The molecule has 0 unspecified atom stereocenters. The van der Waals surface area contributed by atoms with Crippen LogP contribution < -0.4 is 10.6 Å². The highest BCUT2D eigenvalue weighted by Crippen LogP contribution is 2.20. The first-order chi connectivity index (χ1) is 7.74. The third-order valence-corrected chi connectivity index (χ3v) is 2.56. The fraction of sp³-hybridized carbons (Fsp3) is 0.273. The molecule has 0 spiro atoms. The molecule has 1 rings (SSSR count). The summed E-state index contributed by atoms with van der Waals surface area (Å²) in [6.07, 6.45) is 0.334. The Labute approximate surface area is 103 Å². The molecule has 1 aromatic carbocycles. The molecule has 0 aliphatic rings. The Hall–Kier alpha value is -1.54. The normalized spacial score (nSPS) is 9.25. The minimum Gasteiger partial charge on any atom is -0.375 e. The highest BCUT2D eigenvalue weighted by atomic mass is 79.9. The van der Waals surface area contributed by atoms with E-state index in [-0.39, 0.29) is 12.5 Å². The molecule has 2 N–H and O–H groups in total. The van der Waals surface area contributed by atoms with Gasteiger partial charge in [-0.2, -0.15) is 5.26 Å². The lowest BCUT2D eigenvalue weighted by Gasteiger charge is -2.08. The lowest BCUT2D eigenvalue weighted by molar-refractivity contribution is -0.119. The Morgan fingerprint density at radius 1 is 1.44 bits per heavy atom. The number of hydrogen-bond acceptors (Lipinski definition) is 3. The first-order valence-electron chi connectivity index (χ1n) is 4.86. The monoisotopic (exact) mass is 281 g/mol. The largest absolute Gasteiger partial charge is 0.375 e. The van der Waals surface area contributed by atoms with Crippen molar-refractivity contribution in [1.29, 1.82) is 5.26 Å². The van der Waals surface area contributed by atoms with Crippen LogP contribution in [-0.2, 0) is 4.79 Å². The Morgan fingerprint density at radius 3 is 2.88 bits per heavy atom. The Bertz CT molecular complexity index is 400. The smallest absolute Gasteiger partial charge is 0.239 e. The van der Waals surface area contributed by atoms with Crippen LogP contribution in [0.3, 0.4) is 0 Å². The second-order valence-electron chi connectivity index (χ2n) is 3.09. The van der Waals surface area contributed by atoms with E-state index in [1.165, 1.54) is 0 Å². The third-order valence-electron chi connectivity index (χ3n) is 1.87. The van der Waals surface area contributed by atoms with Crippen LogP contribution >= 0.6 is 15.9 Å². The number of carbonyl (C=O) groups is 1. The number of nitrogens with one attached hydrogen (secondary N) is 2. The van der Waals surface area contributed by atoms with Crippen molar-refractivity contribution in [3.05, 3.63) is 28.7 Å². The van der Waals surface area contributed by atoms with Crippen molar-refractivity contribution >= 4 is 27.5 Å². The molecule has 4 nitrogen and oxygen atoms in total. The van der Waals surface area contributed by atoms with Gasteiger partial charge in [0.1, 0.15) is 0 Å². The number of amides is 1. The summed E-state index contributed by atoms with van der Waals surface area (Å²) >= 11 is 3.37. The summed E-state index contributed by atoms with van der Waals surface area (Å²) in [5.74, 6) is -0.119. The van der Waals surface area contributed by atoms with E-state index in [9.17, 15) is 4.79 Å². The SMILES string of the molecule is N#CCCNC(=O)CNc1ccccc1Br. The van der Waals surface area contributed by atoms with Gasteiger partial charge in [-0.05, 0) is 28.1 Å². The maximum absolute atomic E-state index is 11.3. The average Bonchev–Trinajstić information content (AvgIpc) is 2.28. The van der Waals surface area contributed by atoms with Crippen molar-refractivity contribution < 1.29 is 4.79 Å². The lowest BCUT2D eigenvalue weighted by atomic mass is 10.3. The van der Waals surface area contributed by atoms with E-state index in [4.69, 9.17) is 5.26 Å². The molecule has 1 aromatic rings. The van der Waals surface area contributed by atoms with Crippen molar-refractivity contribution in [1.82, 2.24) is 5.32 Å². The van der Waals surface area contributed by atoms with Gasteiger partial charge >= 0.3 is 0 Å². The summed E-state index contributed by atoms with van der Waals surface area (Å²) in [5.41, 5.74) is 0.873. The molecule has 0 saturated heterocycles. The molecule has 0 heterocycles. The molecule has 0 bridgehead atoms. The number of carbonyl (C=O) groups excluding carboxylic acids is 1. The van der Waals surface area contributed by atoms with Gasteiger partial charge in [0.25, 0.3) is 0 Å². The van der Waals surface area contributed by atoms with E-state index in [0.29, 0.717) is 13.0 Å². The number of nitrogens with zero attached hydrogens (tertiary/aromatic N) is 1. The van der Waals surface area contributed by atoms with E-state index in [0.717, 1.165) is 10.2 Å². The summed E-state index contributed by atoms with van der Waals surface area (Å²) < 4.78 is 0.917. The molecule has 0 aliphatic heterocycles. The second-order valence-corrected chi connectivity index (χ2v) is 3.95. The molecular formula is C11H12BrN3O. The number of anilines is 1. The summed E-state index contributed by atoms with van der Waals surface area (Å²) in [5, 5.41) is 13.9. The van der Waals surface area contributed by atoms with Crippen LogP contribution in [0.5, 0.6) is 0 Å². The topological polar surface area (TPSA) is 64.9 Å². The molecule has 0 fully saturated rings. The highest BCUT2D eigenvalue weighted by molar-refractivity contribution is 9.10. The average molecular weight is 282 g/mol. The summed E-state index contributed by atoms with van der Waals surface area (Å²) in [6, 6.07) is 9.54. The predicted molar refractivity (Wildman–Crippen MR) is 65.9 cm³/mol. The zero-order valence-corrected chi connectivity index (χ0v) is 10.3. The molecule has 84 valence electrons. The zero-order valence-electron chi connectivity index (χ0n) is 8.66. The maximum Gasteiger partial charge on any atom is 0.239 e. The zero-order chi connectivity index (χ0) is 11.8. The van der Waals surface area contributed by atoms with Crippen molar-refractivity contribution in [2.45, 2.75) is 6.42 Å². The van der Waals surface area contributed by atoms with E-state index in [1.807, 2.05) is 30.3 Å². The van der Waals surface area contributed by atoms with Crippen LogP contribution in [0.15, 0.2) is 28.7 Å². The standard InChI is InChI=1S/C11H12BrN3O/c12-9-4-1-2-5-10(9)15-8-11(16)14-7-3-6-13/h1-2,4-5,15H,3,7-8H2,(H,14,16). The van der Waals surface area contributed by atoms with Gasteiger partial charge in [-0.1, -0.05) is 12.1 Å². The van der Waals surface area contributed by atoms with Gasteiger partial charge in [0, 0.05) is 16.7 Å². The van der Waals surface area contributed by atoms with Crippen LogP contribution in [0.4, 0.5) is 5.69 Å². The molecule has 5 heteroatoms. The lowest BCUT2D eigenvalue weighted by Crippen LogP contribution is -2.30. The van der Waals surface area contributed by atoms with Gasteiger partial charge in [-0.3, -0.25) is 4.79 Å². The van der Waals surface area contributed by atoms with Crippen molar-refractivity contribution in [3.8, 4) is 6.07 Å². The fourth-order valence-corrected chi connectivity index (χ4v) is 1.53. The molecule has 0 radical (unpaired) electrons. The van der Waals surface area contributed by atoms with Gasteiger partial charge in [0.05, 0.1) is 19.0 Å². The third kappa shape index (κ3) is 4.32. The van der Waals surface area contributed by atoms with Crippen molar-refractivity contribution in [2.75, 3.05) is 18.4 Å². The Kier molecular flexibility index (Phi) is 5.37. The van der Waals surface area contributed by atoms with Crippen LogP contribution in [0.25, 0.3) is 0 Å². The number of rotatable bonds is 5. The Morgan fingerprint density at radius 2 is 2.19 bits per heavy atom. The summed E-state index contributed by atoms with van der Waals surface area (Å²) in [4.78, 5) is 11.3. The number of benzene rings is 1. The molecule has 16 heavy (non-hydrogen) atoms.